The van der Waals surface area contributed by atoms with Gasteiger partial charge in [-0.15, -0.1) is 0 Å². The van der Waals surface area contributed by atoms with Crippen molar-refractivity contribution < 1.29 is 9.13 Å². The third-order valence-corrected chi connectivity index (χ3v) is 2.11. The van der Waals surface area contributed by atoms with Gasteiger partial charge in [0.2, 0.25) is 0 Å². The summed E-state index contributed by atoms with van der Waals surface area (Å²) in [5.74, 6) is 0. The number of ether oxygens (including phenoxy) is 1. The molecule has 5 heteroatoms. The molecular weight excluding hydrogens is 227 g/mol. The standard InChI is InChI=1S/C7H6BrFN2O/c8-6-2-10-1-5(11-6)7(9)3-12-4-7/h1-2H,3-4H2. The number of nitrogens with zero attached hydrogens (tertiary/aromatic N) is 2. The molecule has 0 amide bonds. The fraction of sp³-hybridized carbons (Fsp3) is 0.429. The average Bonchev–Trinajstić information content (AvgIpc) is 2.00. The molecule has 0 spiro atoms. The zero-order valence-corrected chi connectivity index (χ0v) is 7.71. The lowest BCUT2D eigenvalue weighted by Crippen LogP contribution is -2.43. The van der Waals surface area contributed by atoms with Crippen LogP contribution in [0.2, 0.25) is 0 Å². The highest BCUT2D eigenvalue weighted by Crippen LogP contribution is 2.32. The van der Waals surface area contributed by atoms with Gasteiger partial charge in [0.15, 0.2) is 5.67 Å². The van der Waals surface area contributed by atoms with Crippen LogP contribution in [0.5, 0.6) is 0 Å². The van der Waals surface area contributed by atoms with Gasteiger partial charge in [-0.3, -0.25) is 4.98 Å². The monoisotopic (exact) mass is 232 g/mol. The van der Waals surface area contributed by atoms with Crippen LogP contribution >= 0.6 is 15.9 Å². The van der Waals surface area contributed by atoms with Crippen LogP contribution in [0.4, 0.5) is 4.39 Å². The lowest BCUT2D eigenvalue weighted by atomic mass is 10.0. The van der Waals surface area contributed by atoms with Crippen LogP contribution in [-0.2, 0) is 10.4 Å². The van der Waals surface area contributed by atoms with Crippen molar-refractivity contribution in [2.75, 3.05) is 13.2 Å². The Kier molecular flexibility index (Phi) is 1.84. The second kappa shape index (κ2) is 2.74. The zero-order chi connectivity index (χ0) is 8.60. The van der Waals surface area contributed by atoms with Crippen molar-refractivity contribution in [3.63, 3.8) is 0 Å². The Morgan fingerprint density at radius 3 is 2.75 bits per heavy atom. The molecule has 64 valence electrons. The Morgan fingerprint density at radius 1 is 1.50 bits per heavy atom. The molecule has 0 unspecified atom stereocenters. The molecular formula is C7H6BrFN2O. The van der Waals surface area contributed by atoms with Gasteiger partial charge >= 0.3 is 0 Å². The lowest BCUT2D eigenvalue weighted by molar-refractivity contribution is -0.137. The van der Waals surface area contributed by atoms with Crippen LogP contribution in [0.25, 0.3) is 0 Å². The van der Waals surface area contributed by atoms with E-state index >= 15 is 0 Å². The number of hydrogen-bond acceptors (Lipinski definition) is 3. The first-order chi connectivity index (χ1) is 5.71. The van der Waals surface area contributed by atoms with E-state index in [9.17, 15) is 4.39 Å². The predicted octanol–water partition coefficient (Wildman–Crippen LogP) is 1.43. The van der Waals surface area contributed by atoms with Gasteiger partial charge in [0.1, 0.15) is 10.3 Å². The summed E-state index contributed by atoms with van der Waals surface area (Å²) in [6.45, 7) is 0.163. The van der Waals surface area contributed by atoms with Gasteiger partial charge < -0.3 is 4.74 Å². The molecule has 3 nitrogen and oxygen atoms in total. The van der Waals surface area contributed by atoms with E-state index in [4.69, 9.17) is 4.74 Å². The molecule has 1 aliphatic heterocycles. The van der Waals surface area contributed by atoms with Crippen LogP contribution in [0.1, 0.15) is 5.69 Å². The molecule has 0 atom stereocenters. The molecule has 0 radical (unpaired) electrons. The van der Waals surface area contributed by atoms with Gasteiger partial charge in [-0.2, -0.15) is 0 Å². The molecule has 0 aliphatic carbocycles. The summed E-state index contributed by atoms with van der Waals surface area (Å²) in [4.78, 5) is 7.79. The van der Waals surface area contributed by atoms with Crippen LogP contribution in [0.3, 0.4) is 0 Å². The second-order valence-corrected chi connectivity index (χ2v) is 3.50. The highest BCUT2D eigenvalue weighted by atomic mass is 79.9. The summed E-state index contributed by atoms with van der Waals surface area (Å²) in [7, 11) is 0. The Morgan fingerprint density at radius 2 is 2.25 bits per heavy atom. The summed E-state index contributed by atoms with van der Waals surface area (Å²) >= 11 is 3.13. The van der Waals surface area contributed by atoms with Gasteiger partial charge in [-0.05, 0) is 15.9 Å². The quantitative estimate of drug-likeness (QED) is 0.735. The Balaban J connectivity index is 2.33. The van der Waals surface area contributed by atoms with Crippen LogP contribution < -0.4 is 0 Å². The summed E-state index contributed by atoms with van der Waals surface area (Å²) in [5.41, 5.74) is -1.08. The van der Waals surface area contributed by atoms with E-state index in [0.29, 0.717) is 10.3 Å². The fourth-order valence-electron chi connectivity index (χ4n) is 0.987. The van der Waals surface area contributed by atoms with E-state index in [1.165, 1.54) is 12.4 Å². The van der Waals surface area contributed by atoms with E-state index in [-0.39, 0.29) is 13.2 Å². The second-order valence-electron chi connectivity index (χ2n) is 2.69. The molecule has 0 bridgehead atoms. The minimum Gasteiger partial charge on any atom is -0.374 e. The summed E-state index contributed by atoms with van der Waals surface area (Å²) in [6, 6.07) is 0. The maximum atomic E-state index is 13.6. The normalized spacial score (nSPS) is 20.2. The first-order valence-electron chi connectivity index (χ1n) is 3.45. The van der Waals surface area contributed by atoms with Crippen molar-refractivity contribution in [3.8, 4) is 0 Å². The number of aromatic nitrogens is 2. The lowest BCUT2D eigenvalue weighted by Gasteiger charge is -2.32. The van der Waals surface area contributed by atoms with E-state index < -0.39 is 5.67 Å². The molecule has 1 aromatic heterocycles. The molecule has 2 rings (SSSR count). The first-order valence-corrected chi connectivity index (χ1v) is 4.25. The molecule has 2 heterocycles. The molecule has 1 aromatic rings. The van der Waals surface area contributed by atoms with Gasteiger partial charge in [-0.25, -0.2) is 9.37 Å². The third kappa shape index (κ3) is 1.23. The van der Waals surface area contributed by atoms with Crippen molar-refractivity contribution in [2.45, 2.75) is 5.67 Å². The Labute approximate surface area is 77.1 Å². The number of halogens is 2. The van der Waals surface area contributed by atoms with Gasteiger partial charge in [0.25, 0.3) is 0 Å². The largest absolute Gasteiger partial charge is 0.374 e. The highest BCUT2D eigenvalue weighted by molar-refractivity contribution is 9.10. The van der Waals surface area contributed by atoms with Gasteiger partial charge in [0, 0.05) is 0 Å². The minimum atomic E-state index is -1.42. The number of hydrogen-bond donors (Lipinski definition) is 0. The summed E-state index contributed by atoms with van der Waals surface area (Å²) < 4.78 is 18.9. The molecule has 0 N–H and O–H groups in total. The van der Waals surface area contributed by atoms with Crippen LogP contribution in [0.15, 0.2) is 17.0 Å². The van der Waals surface area contributed by atoms with Crippen molar-refractivity contribution in [1.29, 1.82) is 0 Å². The smallest absolute Gasteiger partial charge is 0.200 e. The summed E-state index contributed by atoms with van der Waals surface area (Å²) in [5, 5.41) is 0. The molecule has 0 saturated carbocycles. The average molecular weight is 233 g/mol. The van der Waals surface area contributed by atoms with Crippen molar-refractivity contribution in [3.05, 3.63) is 22.7 Å². The highest BCUT2D eigenvalue weighted by Gasteiger charge is 2.42. The molecule has 1 aliphatic rings. The van der Waals surface area contributed by atoms with Gasteiger partial charge in [-0.1, -0.05) is 0 Å². The van der Waals surface area contributed by atoms with Crippen molar-refractivity contribution in [2.24, 2.45) is 0 Å². The number of rotatable bonds is 1. The van der Waals surface area contributed by atoms with E-state index in [1.807, 2.05) is 0 Å². The third-order valence-electron chi connectivity index (χ3n) is 1.73. The fourth-order valence-corrected chi connectivity index (χ4v) is 1.30. The van der Waals surface area contributed by atoms with Gasteiger partial charge in [0.05, 0.1) is 25.6 Å². The number of alkyl halides is 1. The van der Waals surface area contributed by atoms with E-state index in [0.717, 1.165) is 0 Å². The van der Waals surface area contributed by atoms with E-state index in [1.54, 1.807) is 0 Å². The SMILES string of the molecule is FC1(c2cncc(Br)n2)COC1. The van der Waals surface area contributed by atoms with Crippen molar-refractivity contribution >= 4 is 15.9 Å². The predicted molar refractivity (Wildman–Crippen MR) is 43.3 cm³/mol. The van der Waals surface area contributed by atoms with Crippen molar-refractivity contribution in [1.82, 2.24) is 9.97 Å². The maximum absolute atomic E-state index is 13.6. The summed E-state index contributed by atoms with van der Waals surface area (Å²) in [6.07, 6.45) is 2.94. The molecule has 12 heavy (non-hydrogen) atoms. The zero-order valence-electron chi connectivity index (χ0n) is 6.13. The Bertz CT molecular complexity index is 303. The van der Waals surface area contributed by atoms with Crippen LogP contribution in [0, 0.1) is 0 Å². The molecule has 1 saturated heterocycles. The Hall–Kier alpha value is -0.550. The van der Waals surface area contributed by atoms with E-state index in [2.05, 4.69) is 25.9 Å². The minimum absolute atomic E-state index is 0.0815. The van der Waals surface area contributed by atoms with Crippen LogP contribution in [-0.4, -0.2) is 23.2 Å². The maximum Gasteiger partial charge on any atom is 0.200 e. The topological polar surface area (TPSA) is 35.0 Å². The molecule has 1 fully saturated rings. The first kappa shape index (κ1) is 8.07. The molecule has 0 aromatic carbocycles.